The molecule has 4 atom stereocenters. The van der Waals surface area contributed by atoms with Crippen molar-refractivity contribution in [2.24, 2.45) is 11.8 Å². The number of ether oxygens (including phenoxy) is 3. The molecule has 42 heavy (non-hydrogen) atoms. The first-order chi connectivity index (χ1) is 20.1. The Kier molecular flexibility index (Phi) is 13.3. The predicted octanol–water partition coefficient (Wildman–Crippen LogP) is 6.32. The van der Waals surface area contributed by atoms with Gasteiger partial charge in [-0.2, -0.15) is 0 Å². The number of esters is 1. The van der Waals surface area contributed by atoms with Gasteiger partial charge in [0.1, 0.15) is 12.2 Å². The third-order valence-electron chi connectivity index (χ3n) is 7.64. The van der Waals surface area contributed by atoms with Gasteiger partial charge in [0.05, 0.1) is 13.0 Å². The van der Waals surface area contributed by atoms with Crippen molar-refractivity contribution in [3.63, 3.8) is 0 Å². The van der Waals surface area contributed by atoms with Crippen molar-refractivity contribution in [2.75, 3.05) is 7.11 Å². The maximum atomic E-state index is 12.8. The third-order valence-corrected chi connectivity index (χ3v) is 7.64. The summed E-state index contributed by atoms with van der Waals surface area (Å²) >= 11 is 0. The Morgan fingerprint density at radius 1 is 0.738 bits per heavy atom. The molecule has 0 aromatic heterocycles. The van der Waals surface area contributed by atoms with E-state index in [1.165, 1.54) is 5.56 Å². The fourth-order valence-electron chi connectivity index (χ4n) is 5.66. The second kappa shape index (κ2) is 16.9. The zero-order valence-corrected chi connectivity index (χ0v) is 25.6. The summed E-state index contributed by atoms with van der Waals surface area (Å²) in [4.78, 5) is 37.3. The van der Waals surface area contributed by atoms with Crippen LogP contribution in [0.2, 0.25) is 0 Å². The molecule has 2 aromatic carbocycles. The molecule has 2 fully saturated rings. The number of hydrogen-bond donors (Lipinski definition) is 2. The van der Waals surface area contributed by atoms with E-state index >= 15 is 0 Å². The topological polar surface area (TPSA) is 103 Å². The molecule has 2 N–H and O–H groups in total. The van der Waals surface area contributed by atoms with Gasteiger partial charge in [-0.05, 0) is 69.4 Å². The molecule has 2 saturated carbocycles. The Bertz CT molecular complexity index is 1100. The smallest absolute Gasteiger partial charge is 0.407 e. The third kappa shape index (κ3) is 12.2. The number of benzene rings is 2. The van der Waals surface area contributed by atoms with E-state index in [2.05, 4.69) is 10.6 Å². The molecular weight excluding hydrogens is 532 g/mol. The fraction of sp³-hybridized carbons (Fsp3) is 0.559. The van der Waals surface area contributed by atoms with Crippen LogP contribution in [0.1, 0.15) is 83.3 Å². The second-order valence-corrected chi connectivity index (χ2v) is 12.3. The molecule has 4 rings (SSSR count). The Hall–Kier alpha value is -3.39. The van der Waals surface area contributed by atoms with Gasteiger partial charge in [-0.25, -0.2) is 4.79 Å². The summed E-state index contributed by atoms with van der Waals surface area (Å²) in [5.74, 6) is -0.0143. The number of amides is 2. The SMILES string of the molecule is CC(C)(C)OC(=O)N[C@H]1CCC[C@@H]1CC(=O)N[C@H]1CCC[C@@H]1CC(=O)OCc1ccccc1.COCc1ccccc1. The lowest BCUT2D eigenvalue weighted by Crippen LogP contribution is -2.43. The van der Waals surface area contributed by atoms with E-state index in [1.807, 2.05) is 81.4 Å². The number of rotatable bonds is 10. The van der Waals surface area contributed by atoms with Gasteiger partial charge in [-0.3, -0.25) is 9.59 Å². The van der Waals surface area contributed by atoms with Crippen molar-refractivity contribution in [3.05, 3.63) is 71.8 Å². The van der Waals surface area contributed by atoms with E-state index in [9.17, 15) is 14.4 Å². The summed E-state index contributed by atoms with van der Waals surface area (Å²) in [6.07, 6.45) is 5.82. The van der Waals surface area contributed by atoms with Gasteiger partial charge in [-0.1, -0.05) is 73.5 Å². The van der Waals surface area contributed by atoms with E-state index in [-0.39, 0.29) is 42.4 Å². The highest BCUT2D eigenvalue weighted by Crippen LogP contribution is 2.31. The summed E-state index contributed by atoms with van der Waals surface area (Å²) in [6, 6.07) is 19.7. The Morgan fingerprint density at radius 3 is 1.81 bits per heavy atom. The summed E-state index contributed by atoms with van der Waals surface area (Å²) < 4.78 is 15.7. The number of nitrogens with one attached hydrogen (secondary N) is 2. The first kappa shape index (κ1) is 33.1. The van der Waals surface area contributed by atoms with Gasteiger partial charge in [0, 0.05) is 25.6 Å². The zero-order chi connectivity index (χ0) is 30.4. The maximum Gasteiger partial charge on any atom is 0.407 e. The van der Waals surface area contributed by atoms with E-state index in [4.69, 9.17) is 14.2 Å². The van der Waals surface area contributed by atoms with Crippen molar-refractivity contribution in [2.45, 2.75) is 103 Å². The van der Waals surface area contributed by atoms with Gasteiger partial charge in [0.25, 0.3) is 0 Å². The summed E-state index contributed by atoms with van der Waals surface area (Å²) in [7, 11) is 1.70. The molecule has 0 unspecified atom stereocenters. The molecule has 0 aliphatic heterocycles. The molecule has 2 aromatic rings. The highest BCUT2D eigenvalue weighted by Gasteiger charge is 2.34. The van der Waals surface area contributed by atoms with E-state index in [0.29, 0.717) is 19.4 Å². The van der Waals surface area contributed by atoms with E-state index in [0.717, 1.165) is 44.1 Å². The minimum Gasteiger partial charge on any atom is -0.461 e. The largest absolute Gasteiger partial charge is 0.461 e. The fourth-order valence-corrected chi connectivity index (χ4v) is 5.66. The summed E-state index contributed by atoms with van der Waals surface area (Å²) in [5.41, 5.74) is 1.64. The molecular formula is C34H48N2O6. The van der Waals surface area contributed by atoms with Crippen LogP contribution in [-0.4, -0.2) is 42.8 Å². The van der Waals surface area contributed by atoms with Crippen LogP contribution >= 0.6 is 0 Å². The number of hydrogen-bond acceptors (Lipinski definition) is 6. The quantitative estimate of drug-likeness (QED) is 0.319. The lowest BCUT2D eigenvalue weighted by atomic mass is 9.96. The van der Waals surface area contributed by atoms with Crippen molar-refractivity contribution < 1.29 is 28.6 Å². The molecule has 8 heteroatoms. The monoisotopic (exact) mass is 580 g/mol. The molecule has 0 saturated heterocycles. The van der Waals surface area contributed by atoms with Gasteiger partial charge in [0.15, 0.2) is 0 Å². The highest BCUT2D eigenvalue weighted by molar-refractivity contribution is 5.77. The highest BCUT2D eigenvalue weighted by atomic mass is 16.6. The van der Waals surface area contributed by atoms with Crippen LogP contribution in [0.3, 0.4) is 0 Å². The lowest BCUT2D eigenvalue weighted by molar-refractivity contribution is -0.146. The average Bonchev–Trinajstić information content (AvgIpc) is 3.57. The minimum atomic E-state index is -0.546. The van der Waals surface area contributed by atoms with Gasteiger partial charge < -0.3 is 24.8 Å². The van der Waals surface area contributed by atoms with Crippen LogP contribution in [0, 0.1) is 11.8 Å². The lowest BCUT2D eigenvalue weighted by Gasteiger charge is -2.25. The molecule has 0 bridgehead atoms. The molecule has 0 radical (unpaired) electrons. The Balaban J connectivity index is 0.000000458. The molecule has 2 aliphatic carbocycles. The van der Waals surface area contributed by atoms with Crippen LogP contribution in [0.5, 0.6) is 0 Å². The first-order valence-electron chi connectivity index (χ1n) is 15.1. The molecule has 2 amide bonds. The van der Waals surface area contributed by atoms with Gasteiger partial charge >= 0.3 is 12.1 Å². The normalized spacial score (nSPS) is 21.5. The Labute approximate surface area is 250 Å². The molecule has 0 heterocycles. The van der Waals surface area contributed by atoms with Crippen molar-refractivity contribution >= 4 is 18.0 Å². The van der Waals surface area contributed by atoms with E-state index < -0.39 is 11.7 Å². The van der Waals surface area contributed by atoms with E-state index in [1.54, 1.807) is 7.11 Å². The van der Waals surface area contributed by atoms with Crippen LogP contribution in [0.15, 0.2) is 60.7 Å². The standard InChI is InChI=1S/C26H38N2O5.C8H10O/c1-26(2,3)33-25(31)28-22-14-7-11-19(22)15-23(29)27-21-13-8-12-20(21)16-24(30)32-17-18-9-5-4-6-10-18;1-9-7-8-5-3-2-4-6-8/h4-6,9-10,19-22H,7-8,11-17H2,1-3H3,(H,27,29)(H,28,31);2-6H,7H2,1H3/t19-,20-,21+,22+;/m1./s1. The van der Waals surface area contributed by atoms with Gasteiger partial charge in [-0.15, -0.1) is 0 Å². The van der Waals surface area contributed by atoms with Crippen molar-refractivity contribution in [1.29, 1.82) is 0 Å². The average molecular weight is 581 g/mol. The van der Waals surface area contributed by atoms with Gasteiger partial charge in [0.2, 0.25) is 5.91 Å². The number of alkyl carbamates (subject to hydrolysis) is 1. The van der Waals surface area contributed by atoms with Crippen LogP contribution in [0.4, 0.5) is 4.79 Å². The summed E-state index contributed by atoms with van der Waals surface area (Å²) in [6.45, 7) is 6.49. The Morgan fingerprint density at radius 2 is 1.26 bits per heavy atom. The molecule has 8 nitrogen and oxygen atoms in total. The van der Waals surface area contributed by atoms with Crippen LogP contribution < -0.4 is 10.6 Å². The molecule has 230 valence electrons. The predicted molar refractivity (Wildman–Crippen MR) is 162 cm³/mol. The van der Waals surface area contributed by atoms with Crippen LogP contribution in [-0.2, 0) is 37.0 Å². The maximum absolute atomic E-state index is 12.8. The van der Waals surface area contributed by atoms with Crippen molar-refractivity contribution in [1.82, 2.24) is 10.6 Å². The molecule has 0 spiro atoms. The second-order valence-electron chi connectivity index (χ2n) is 12.3. The first-order valence-corrected chi connectivity index (χ1v) is 15.1. The molecule has 2 aliphatic rings. The number of carbonyl (C=O) groups excluding carboxylic acids is 3. The minimum absolute atomic E-state index is 0.000411. The summed E-state index contributed by atoms with van der Waals surface area (Å²) in [5, 5.41) is 6.10. The van der Waals surface area contributed by atoms with Crippen molar-refractivity contribution in [3.8, 4) is 0 Å². The number of methoxy groups -OCH3 is 1. The van der Waals surface area contributed by atoms with Crippen LogP contribution in [0.25, 0.3) is 0 Å². The number of carbonyl (C=O) groups is 3. The zero-order valence-electron chi connectivity index (χ0n) is 25.6.